The zero-order chi connectivity index (χ0) is 10.7. The smallest absolute Gasteiger partial charge is 0.110 e. The number of aryl methyl sites for hydroxylation is 1. The van der Waals surface area contributed by atoms with Crippen LogP contribution in [0.4, 0.5) is 0 Å². The maximum atomic E-state index is 8.88. The minimum atomic E-state index is 0.0148. The standard InChI is InChI=1S/C12H14N2O/c1-9-2-4-10(5-3-9)6-12-13-7-11(8-15)14-12/h2-5,7,15H,6,8H2,1H3,(H,13,14). The molecule has 0 aliphatic carbocycles. The molecule has 3 nitrogen and oxygen atoms in total. The Kier molecular flexibility index (Phi) is 2.83. The number of nitrogens with zero attached hydrogens (tertiary/aromatic N) is 1. The summed E-state index contributed by atoms with van der Waals surface area (Å²) in [6.45, 7) is 2.08. The first-order valence-electron chi connectivity index (χ1n) is 4.97. The van der Waals surface area contributed by atoms with Crippen molar-refractivity contribution in [3.05, 3.63) is 53.1 Å². The quantitative estimate of drug-likeness (QED) is 0.797. The monoisotopic (exact) mass is 202 g/mol. The van der Waals surface area contributed by atoms with Gasteiger partial charge in [0, 0.05) is 6.42 Å². The molecule has 0 fully saturated rings. The van der Waals surface area contributed by atoms with Gasteiger partial charge in [-0.25, -0.2) is 4.98 Å². The Bertz CT molecular complexity index is 431. The highest BCUT2D eigenvalue weighted by molar-refractivity contribution is 5.24. The first-order chi connectivity index (χ1) is 7.28. The second kappa shape index (κ2) is 4.28. The van der Waals surface area contributed by atoms with Crippen LogP contribution in [0.25, 0.3) is 0 Å². The molecule has 0 amide bonds. The largest absolute Gasteiger partial charge is 0.390 e. The van der Waals surface area contributed by atoms with Crippen LogP contribution in [-0.2, 0) is 13.0 Å². The van der Waals surface area contributed by atoms with Crippen LogP contribution in [-0.4, -0.2) is 15.1 Å². The summed E-state index contributed by atoms with van der Waals surface area (Å²) in [6, 6.07) is 8.36. The van der Waals surface area contributed by atoms with E-state index in [1.54, 1.807) is 6.20 Å². The lowest BCUT2D eigenvalue weighted by Crippen LogP contribution is -1.91. The number of nitrogens with one attached hydrogen (secondary N) is 1. The van der Waals surface area contributed by atoms with E-state index in [4.69, 9.17) is 5.11 Å². The van der Waals surface area contributed by atoms with E-state index in [-0.39, 0.29) is 6.61 Å². The SMILES string of the molecule is Cc1ccc(Cc2ncc(CO)[nH]2)cc1. The van der Waals surface area contributed by atoms with Gasteiger partial charge >= 0.3 is 0 Å². The van der Waals surface area contributed by atoms with Gasteiger partial charge in [-0.05, 0) is 12.5 Å². The van der Waals surface area contributed by atoms with Crippen molar-refractivity contribution in [2.45, 2.75) is 20.0 Å². The third kappa shape index (κ3) is 2.44. The average Bonchev–Trinajstić information content (AvgIpc) is 2.69. The molecule has 15 heavy (non-hydrogen) atoms. The zero-order valence-electron chi connectivity index (χ0n) is 8.70. The number of aliphatic hydroxyl groups is 1. The van der Waals surface area contributed by atoms with E-state index in [1.165, 1.54) is 11.1 Å². The highest BCUT2D eigenvalue weighted by Crippen LogP contribution is 2.08. The Hall–Kier alpha value is -1.61. The number of imidazole rings is 1. The topological polar surface area (TPSA) is 48.9 Å². The van der Waals surface area contributed by atoms with Crippen molar-refractivity contribution >= 4 is 0 Å². The van der Waals surface area contributed by atoms with E-state index in [9.17, 15) is 0 Å². The fourth-order valence-corrected chi connectivity index (χ4v) is 1.48. The van der Waals surface area contributed by atoms with Gasteiger partial charge in [0.2, 0.25) is 0 Å². The first-order valence-corrected chi connectivity index (χ1v) is 4.97. The van der Waals surface area contributed by atoms with Gasteiger partial charge in [-0.15, -0.1) is 0 Å². The lowest BCUT2D eigenvalue weighted by molar-refractivity contribution is 0.277. The van der Waals surface area contributed by atoms with Crippen molar-refractivity contribution in [1.82, 2.24) is 9.97 Å². The Balaban J connectivity index is 2.11. The summed E-state index contributed by atoms with van der Waals surface area (Å²) in [5.41, 5.74) is 3.24. The van der Waals surface area contributed by atoms with Gasteiger partial charge in [-0.1, -0.05) is 29.8 Å². The van der Waals surface area contributed by atoms with Crippen molar-refractivity contribution < 1.29 is 5.11 Å². The van der Waals surface area contributed by atoms with Crippen LogP contribution in [0.2, 0.25) is 0 Å². The molecule has 0 spiro atoms. The average molecular weight is 202 g/mol. The first kappa shape index (κ1) is 9.93. The van der Waals surface area contributed by atoms with Gasteiger partial charge in [0.15, 0.2) is 0 Å². The second-order valence-electron chi connectivity index (χ2n) is 3.68. The molecule has 0 radical (unpaired) electrons. The van der Waals surface area contributed by atoms with E-state index in [0.29, 0.717) is 0 Å². The molecule has 2 N–H and O–H groups in total. The van der Waals surface area contributed by atoms with Crippen molar-refractivity contribution in [2.75, 3.05) is 0 Å². The van der Waals surface area contributed by atoms with E-state index >= 15 is 0 Å². The molecule has 0 atom stereocenters. The second-order valence-corrected chi connectivity index (χ2v) is 3.68. The molecule has 0 saturated carbocycles. The number of H-pyrrole nitrogens is 1. The predicted molar refractivity (Wildman–Crippen MR) is 58.5 cm³/mol. The Morgan fingerprint density at radius 1 is 1.27 bits per heavy atom. The zero-order valence-corrected chi connectivity index (χ0v) is 8.70. The summed E-state index contributed by atoms with van der Waals surface area (Å²) >= 11 is 0. The van der Waals surface area contributed by atoms with Crippen LogP contribution in [0, 0.1) is 6.92 Å². The maximum absolute atomic E-state index is 8.88. The summed E-state index contributed by atoms with van der Waals surface area (Å²) in [6.07, 6.45) is 2.45. The summed E-state index contributed by atoms with van der Waals surface area (Å²) in [4.78, 5) is 7.25. The lowest BCUT2D eigenvalue weighted by atomic mass is 10.1. The van der Waals surface area contributed by atoms with Crippen molar-refractivity contribution in [1.29, 1.82) is 0 Å². The maximum Gasteiger partial charge on any atom is 0.110 e. The summed E-state index contributed by atoms with van der Waals surface area (Å²) in [7, 11) is 0. The number of aliphatic hydroxyl groups excluding tert-OH is 1. The summed E-state index contributed by atoms with van der Waals surface area (Å²) in [5.74, 6) is 0.892. The highest BCUT2D eigenvalue weighted by Gasteiger charge is 2.00. The number of aromatic nitrogens is 2. The van der Waals surface area contributed by atoms with E-state index in [1.807, 2.05) is 0 Å². The van der Waals surface area contributed by atoms with Crippen LogP contribution >= 0.6 is 0 Å². The minimum Gasteiger partial charge on any atom is -0.390 e. The molecular formula is C12H14N2O. The molecule has 2 rings (SSSR count). The van der Waals surface area contributed by atoms with Crippen molar-refractivity contribution in [2.24, 2.45) is 0 Å². The van der Waals surface area contributed by atoms with Gasteiger partial charge in [-0.2, -0.15) is 0 Å². The molecule has 0 bridgehead atoms. The lowest BCUT2D eigenvalue weighted by Gasteiger charge is -1.98. The molecule has 1 aromatic heterocycles. The van der Waals surface area contributed by atoms with E-state index in [0.717, 1.165) is 17.9 Å². The van der Waals surface area contributed by atoms with Crippen LogP contribution in [0.3, 0.4) is 0 Å². The molecule has 0 saturated heterocycles. The third-order valence-electron chi connectivity index (χ3n) is 2.34. The van der Waals surface area contributed by atoms with Crippen LogP contribution in [0.1, 0.15) is 22.6 Å². The van der Waals surface area contributed by atoms with E-state index in [2.05, 4.69) is 41.2 Å². The molecule has 0 aliphatic heterocycles. The normalized spacial score (nSPS) is 10.5. The predicted octanol–water partition coefficient (Wildman–Crippen LogP) is 1.80. The molecule has 78 valence electrons. The van der Waals surface area contributed by atoms with Gasteiger partial charge < -0.3 is 10.1 Å². The van der Waals surface area contributed by atoms with Gasteiger partial charge in [0.25, 0.3) is 0 Å². The molecular weight excluding hydrogens is 188 g/mol. The number of aromatic amines is 1. The Morgan fingerprint density at radius 2 is 2.00 bits per heavy atom. The Morgan fingerprint density at radius 3 is 2.60 bits per heavy atom. The van der Waals surface area contributed by atoms with Crippen LogP contribution in [0.5, 0.6) is 0 Å². The van der Waals surface area contributed by atoms with Gasteiger partial charge in [-0.3, -0.25) is 0 Å². The molecule has 0 aliphatic rings. The van der Waals surface area contributed by atoms with Crippen molar-refractivity contribution in [3.63, 3.8) is 0 Å². The fraction of sp³-hybridized carbons (Fsp3) is 0.250. The highest BCUT2D eigenvalue weighted by atomic mass is 16.3. The summed E-state index contributed by atoms with van der Waals surface area (Å²) in [5, 5.41) is 8.88. The molecule has 0 unspecified atom stereocenters. The minimum absolute atomic E-state index is 0.0148. The van der Waals surface area contributed by atoms with Crippen LogP contribution < -0.4 is 0 Å². The van der Waals surface area contributed by atoms with Crippen LogP contribution in [0.15, 0.2) is 30.5 Å². The molecule has 1 aromatic carbocycles. The number of benzene rings is 1. The third-order valence-corrected chi connectivity index (χ3v) is 2.34. The van der Waals surface area contributed by atoms with Gasteiger partial charge in [0.05, 0.1) is 18.5 Å². The van der Waals surface area contributed by atoms with E-state index < -0.39 is 0 Å². The number of hydrogen-bond donors (Lipinski definition) is 2. The number of hydrogen-bond acceptors (Lipinski definition) is 2. The number of rotatable bonds is 3. The molecule has 3 heteroatoms. The summed E-state index contributed by atoms with van der Waals surface area (Å²) < 4.78 is 0. The Labute approximate surface area is 88.8 Å². The molecule has 1 heterocycles. The fourth-order valence-electron chi connectivity index (χ4n) is 1.48. The van der Waals surface area contributed by atoms with Gasteiger partial charge in [0.1, 0.15) is 5.82 Å². The van der Waals surface area contributed by atoms with Crippen molar-refractivity contribution in [3.8, 4) is 0 Å². The molecule has 2 aromatic rings.